The fourth-order valence-corrected chi connectivity index (χ4v) is 1.35. The molecule has 3 rings (SSSR count). The van der Waals surface area contributed by atoms with Crippen LogP contribution in [0.2, 0.25) is 0 Å². The number of H-pyrrole nitrogens is 3. The van der Waals surface area contributed by atoms with Crippen molar-refractivity contribution in [2.45, 2.75) is 0 Å². The Bertz CT molecular complexity index is 461. The van der Waals surface area contributed by atoms with Crippen LogP contribution in [0.25, 0.3) is 6.08 Å². The quantitative estimate of drug-likeness (QED) is 0.472. The highest BCUT2D eigenvalue weighted by molar-refractivity contribution is 5.52. The number of fused-ring (bicyclic) bond motifs is 2. The van der Waals surface area contributed by atoms with Crippen molar-refractivity contribution in [1.29, 1.82) is 0 Å². The van der Waals surface area contributed by atoms with E-state index in [0.717, 1.165) is 11.5 Å². The fraction of sp³-hybridized carbons (Fsp3) is 0. The molecule has 2 aliphatic heterocycles. The summed E-state index contributed by atoms with van der Waals surface area (Å²) in [6, 6.07) is 0. The Kier molecular flexibility index (Phi) is 1.32. The summed E-state index contributed by atoms with van der Waals surface area (Å²) in [5.74, 6) is 0.759. The highest BCUT2D eigenvalue weighted by atomic mass is 15.8. The summed E-state index contributed by atoms with van der Waals surface area (Å²) < 4.78 is 0. The summed E-state index contributed by atoms with van der Waals surface area (Å²) in [7, 11) is 0. The van der Waals surface area contributed by atoms with Gasteiger partial charge in [-0.25, -0.2) is 26.2 Å². The van der Waals surface area contributed by atoms with E-state index in [1.807, 2.05) is 35.5 Å². The molecule has 14 heavy (non-hydrogen) atoms. The first-order chi connectivity index (χ1) is 6.93. The van der Waals surface area contributed by atoms with Crippen molar-refractivity contribution in [2.24, 2.45) is 0 Å². The standard InChI is InChI=1S/C7H9N7/c1-2-4-13-6(3-1)5-7-8-9-10-11-14(7)12-13/h1-5,9-12H. The Morgan fingerprint density at radius 3 is 3.29 bits per heavy atom. The van der Waals surface area contributed by atoms with Crippen molar-refractivity contribution >= 4 is 6.08 Å². The highest BCUT2D eigenvalue weighted by Gasteiger charge is 2.14. The molecule has 3 heterocycles. The normalized spacial score (nSPS) is 16.9. The Morgan fingerprint density at radius 2 is 2.29 bits per heavy atom. The third-order valence-electron chi connectivity index (χ3n) is 2.00. The van der Waals surface area contributed by atoms with Gasteiger partial charge in [-0.05, 0) is 12.2 Å². The molecule has 0 amide bonds. The van der Waals surface area contributed by atoms with Crippen LogP contribution in [0.4, 0.5) is 0 Å². The van der Waals surface area contributed by atoms with E-state index in [9.17, 15) is 0 Å². The lowest BCUT2D eigenvalue weighted by Gasteiger charge is -2.29. The van der Waals surface area contributed by atoms with Crippen LogP contribution in [0.1, 0.15) is 5.82 Å². The molecule has 0 spiro atoms. The van der Waals surface area contributed by atoms with E-state index in [1.54, 1.807) is 4.79 Å². The van der Waals surface area contributed by atoms with Gasteiger partial charge < -0.3 is 0 Å². The van der Waals surface area contributed by atoms with Crippen molar-refractivity contribution in [3.05, 3.63) is 35.9 Å². The fourth-order valence-electron chi connectivity index (χ4n) is 1.35. The number of rotatable bonds is 0. The first-order valence-electron chi connectivity index (χ1n) is 4.19. The molecule has 0 radical (unpaired) electrons. The summed E-state index contributed by atoms with van der Waals surface area (Å²) in [4.78, 5) is 1.66. The van der Waals surface area contributed by atoms with E-state index in [1.165, 1.54) is 0 Å². The summed E-state index contributed by atoms with van der Waals surface area (Å²) in [6.07, 6.45) is 9.78. The van der Waals surface area contributed by atoms with Crippen molar-refractivity contribution in [3.8, 4) is 0 Å². The van der Waals surface area contributed by atoms with Gasteiger partial charge in [-0.1, -0.05) is 6.08 Å². The zero-order valence-electron chi connectivity index (χ0n) is 7.23. The maximum absolute atomic E-state index is 4.04. The number of hydrogen-bond acceptors (Lipinski definition) is 3. The van der Waals surface area contributed by atoms with Gasteiger partial charge in [0.1, 0.15) is 0 Å². The van der Waals surface area contributed by atoms with E-state index in [4.69, 9.17) is 0 Å². The van der Waals surface area contributed by atoms with Gasteiger partial charge in [-0.2, -0.15) is 0 Å². The van der Waals surface area contributed by atoms with Crippen molar-refractivity contribution in [1.82, 2.24) is 30.5 Å². The van der Waals surface area contributed by atoms with Crippen LogP contribution in [-0.2, 0) is 0 Å². The zero-order valence-corrected chi connectivity index (χ0v) is 7.23. The predicted octanol–water partition coefficient (Wildman–Crippen LogP) is 0.190. The molecule has 0 unspecified atom stereocenters. The molecule has 7 heteroatoms. The predicted molar refractivity (Wildman–Crippen MR) is 50.4 cm³/mol. The third-order valence-corrected chi connectivity index (χ3v) is 2.00. The van der Waals surface area contributed by atoms with Gasteiger partial charge in [0, 0.05) is 12.3 Å². The number of hydrogen-bond donors (Lipinski definition) is 4. The SMILES string of the molecule is C1=CC2=Cc3n[nH][nH][nH]n3NN2C=C1. The van der Waals surface area contributed by atoms with Crippen molar-refractivity contribution in [2.75, 3.05) is 5.53 Å². The Balaban J connectivity index is 2.13. The molecular weight excluding hydrogens is 182 g/mol. The first kappa shape index (κ1) is 7.13. The van der Waals surface area contributed by atoms with Crippen LogP contribution < -0.4 is 5.53 Å². The van der Waals surface area contributed by atoms with Crippen molar-refractivity contribution < 1.29 is 0 Å². The van der Waals surface area contributed by atoms with E-state index in [-0.39, 0.29) is 0 Å². The average Bonchev–Trinajstić information content (AvgIpc) is 2.26. The molecule has 0 fully saturated rings. The number of nitrogens with zero attached hydrogens (tertiary/aromatic N) is 3. The minimum Gasteiger partial charge on any atom is -0.248 e. The van der Waals surface area contributed by atoms with Crippen LogP contribution in [0.15, 0.2) is 30.1 Å². The molecule has 0 saturated carbocycles. The molecular formula is C7H9N7. The van der Waals surface area contributed by atoms with Crippen molar-refractivity contribution in [3.63, 3.8) is 0 Å². The smallest absolute Gasteiger partial charge is 0.196 e. The number of hydrazine groups is 1. The van der Waals surface area contributed by atoms with E-state index < -0.39 is 0 Å². The Morgan fingerprint density at radius 1 is 1.29 bits per heavy atom. The minimum absolute atomic E-state index is 0.759. The van der Waals surface area contributed by atoms with Crippen LogP contribution in [0.3, 0.4) is 0 Å². The molecule has 0 atom stereocenters. The van der Waals surface area contributed by atoms with Gasteiger partial charge in [0.2, 0.25) is 0 Å². The molecule has 4 N–H and O–H groups in total. The molecule has 0 aromatic carbocycles. The molecule has 0 bridgehead atoms. The largest absolute Gasteiger partial charge is 0.248 e. The Labute approximate surface area is 79.0 Å². The zero-order chi connectivity index (χ0) is 9.38. The topological polar surface area (TPSA) is 80.5 Å². The molecule has 0 saturated heterocycles. The molecule has 7 nitrogen and oxygen atoms in total. The molecule has 1 aromatic rings. The van der Waals surface area contributed by atoms with Gasteiger partial charge >= 0.3 is 0 Å². The molecule has 1 aromatic heterocycles. The number of aromatic amines is 3. The van der Waals surface area contributed by atoms with Gasteiger partial charge in [-0.3, -0.25) is 0 Å². The number of aromatic nitrogens is 5. The lowest BCUT2D eigenvalue weighted by Crippen LogP contribution is -2.38. The first-order valence-corrected chi connectivity index (χ1v) is 4.19. The monoisotopic (exact) mass is 191 g/mol. The maximum atomic E-state index is 4.04. The van der Waals surface area contributed by atoms with Crippen LogP contribution in [0.5, 0.6) is 0 Å². The van der Waals surface area contributed by atoms with Crippen LogP contribution >= 0.6 is 0 Å². The third kappa shape index (κ3) is 0.954. The van der Waals surface area contributed by atoms with Gasteiger partial charge in [-0.15, -0.1) is 9.89 Å². The summed E-state index contributed by atoms with van der Waals surface area (Å²) in [6.45, 7) is 0. The van der Waals surface area contributed by atoms with Gasteiger partial charge in [0.05, 0.1) is 5.70 Å². The summed E-state index contributed by atoms with van der Waals surface area (Å²) in [5.41, 5.74) is 4.11. The number of allylic oxidation sites excluding steroid dienone is 3. The second-order valence-electron chi connectivity index (χ2n) is 2.89. The summed E-state index contributed by atoms with van der Waals surface area (Å²) >= 11 is 0. The maximum Gasteiger partial charge on any atom is 0.196 e. The second kappa shape index (κ2) is 2.59. The molecule has 2 aliphatic rings. The van der Waals surface area contributed by atoms with E-state index >= 15 is 0 Å². The van der Waals surface area contributed by atoms with Crippen LogP contribution in [0, 0.1) is 0 Å². The second-order valence-corrected chi connectivity index (χ2v) is 2.89. The Hall–Kier alpha value is -2.31. The molecule has 0 aliphatic carbocycles. The lowest BCUT2D eigenvalue weighted by molar-refractivity contribution is 0.410. The van der Waals surface area contributed by atoms with Gasteiger partial charge in [0.25, 0.3) is 0 Å². The average molecular weight is 191 g/mol. The number of nitrogens with one attached hydrogen (secondary N) is 4. The summed E-state index contributed by atoms with van der Waals surface area (Å²) in [5, 5.41) is 14.0. The van der Waals surface area contributed by atoms with E-state index in [2.05, 4.69) is 26.3 Å². The van der Waals surface area contributed by atoms with E-state index in [0.29, 0.717) is 0 Å². The lowest BCUT2D eigenvalue weighted by atomic mass is 10.3. The minimum atomic E-state index is 0.759. The molecule has 72 valence electrons. The highest BCUT2D eigenvalue weighted by Crippen LogP contribution is 2.16. The van der Waals surface area contributed by atoms with Crippen LogP contribution in [-0.4, -0.2) is 30.5 Å². The van der Waals surface area contributed by atoms with Gasteiger partial charge in [0.15, 0.2) is 5.82 Å².